The highest BCUT2D eigenvalue weighted by molar-refractivity contribution is 7.16. The lowest BCUT2D eigenvalue weighted by Gasteiger charge is -2.11. The first kappa shape index (κ1) is 12.5. The van der Waals surface area contributed by atoms with Crippen molar-refractivity contribution in [3.05, 3.63) is 33.9 Å². The largest absolute Gasteiger partial charge is 0.369 e. The highest BCUT2D eigenvalue weighted by Gasteiger charge is 2.11. The molecular formula is C13H14N4S2. The topological polar surface area (TPSA) is 50.7 Å². The number of hydrogen-bond donors (Lipinski definition) is 1. The van der Waals surface area contributed by atoms with Gasteiger partial charge in [0.05, 0.1) is 10.4 Å². The van der Waals surface area contributed by atoms with Crippen molar-refractivity contribution in [1.29, 1.82) is 0 Å². The van der Waals surface area contributed by atoms with E-state index in [1.54, 1.807) is 29.0 Å². The normalized spacial score (nSPS) is 12.7. The molecule has 0 fully saturated rings. The first-order chi connectivity index (χ1) is 9.24. The van der Waals surface area contributed by atoms with Crippen LogP contribution in [0.15, 0.2) is 23.2 Å². The molecule has 4 nitrogen and oxygen atoms in total. The van der Waals surface area contributed by atoms with Crippen LogP contribution in [0, 0.1) is 6.92 Å². The maximum atomic E-state index is 4.52. The van der Waals surface area contributed by atoms with Crippen LogP contribution in [0.5, 0.6) is 0 Å². The Hall–Kier alpha value is -1.53. The van der Waals surface area contributed by atoms with Crippen molar-refractivity contribution in [2.75, 3.05) is 11.9 Å². The molecule has 0 amide bonds. The summed E-state index contributed by atoms with van der Waals surface area (Å²) in [5, 5.41) is 9.79. The molecule has 3 aromatic rings. The van der Waals surface area contributed by atoms with Gasteiger partial charge in [-0.25, -0.2) is 15.0 Å². The number of rotatable bonds is 4. The van der Waals surface area contributed by atoms with E-state index in [-0.39, 0.29) is 0 Å². The van der Waals surface area contributed by atoms with Crippen molar-refractivity contribution in [3.63, 3.8) is 0 Å². The number of anilines is 1. The summed E-state index contributed by atoms with van der Waals surface area (Å²) in [4.78, 5) is 14.1. The number of nitrogens with zero attached hydrogens (tertiary/aromatic N) is 3. The average Bonchev–Trinajstić information content (AvgIpc) is 3.04. The van der Waals surface area contributed by atoms with Crippen LogP contribution in [-0.2, 0) is 0 Å². The molecule has 0 aliphatic carbocycles. The molecule has 0 aliphatic rings. The fraction of sp³-hybridized carbons (Fsp3) is 0.308. The molecule has 3 heterocycles. The predicted octanol–water partition coefficient (Wildman–Crippen LogP) is 3.67. The van der Waals surface area contributed by atoms with Crippen molar-refractivity contribution >= 4 is 38.7 Å². The molecule has 98 valence electrons. The van der Waals surface area contributed by atoms with Gasteiger partial charge in [-0.1, -0.05) is 6.92 Å². The van der Waals surface area contributed by atoms with Crippen molar-refractivity contribution in [3.8, 4) is 0 Å². The Morgan fingerprint density at radius 2 is 2.21 bits per heavy atom. The maximum Gasteiger partial charge on any atom is 0.138 e. The third kappa shape index (κ3) is 2.59. The number of aryl methyl sites for hydroxylation is 1. The summed E-state index contributed by atoms with van der Waals surface area (Å²) < 4.78 is 0. The third-order valence-electron chi connectivity index (χ3n) is 2.90. The zero-order valence-electron chi connectivity index (χ0n) is 10.8. The summed E-state index contributed by atoms with van der Waals surface area (Å²) in [6.07, 6.45) is 1.61. The van der Waals surface area contributed by atoms with E-state index < -0.39 is 0 Å². The number of fused-ring (bicyclic) bond motifs is 1. The van der Waals surface area contributed by atoms with Gasteiger partial charge in [0.15, 0.2) is 0 Å². The van der Waals surface area contributed by atoms with Crippen LogP contribution in [0.1, 0.15) is 23.5 Å². The number of aromatic nitrogens is 3. The summed E-state index contributed by atoms with van der Waals surface area (Å²) in [6, 6.07) is 2.06. The van der Waals surface area contributed by atoms with Crippen LogP contribution >= 0.6 is 22.7 Å². The van der Waals surface area contributed by atoms with E-state index in [1.165, 1.54) is 5.01 Å². The van der Waals surface area contributed by atoms with Gasteiger partial charge in [-0.3, -0.25) is 0 Å². The summed E-state index contributed by atoms with van der Waals surface area (Å²) in [7, 11) is 0. The van der Waals surface area contributed by atoms with Crippen LogP contribution in [0.2, 0.25) is 0 Å². The number of hydrogen-bond acceptors (Lipinski definition) is 6. The smallest absolute Gasteiger partial charge is 0.138 e. The number of thiazole rings is 1. The first-order valence-corrected chi connectivity index (χ1v) is 7.84. The second kappa shape index (κ2) is 5.22. The number of thiophene rings is 1. The fourth-order valence-corrected chi connectivity index (χ4v) is 3.46. The van der Waals surface area contributed by atoms with Gasteiger partial charge < -0.3 is 5.32 Å². The SMILES string of the molecule is Cc1csc([C@@H](C)CNc2ncnc3sccc23)n1. The van der Waals surface area contributed by atoms with Gasteiger partial charge in [0.2, 0.25) is 0 Å². The molecular weight excluding hydrogens is 276 g/mol. The van der Waals surface area contributed by atoms with E-state index in [0.717, 1.165) is 28.3 Å². The van der Waals surface area contributed by atoms with E-state index in [1.807, 2.05) is 12.3 Å². The third-order valence-corrected chi connectivity index (χ3v) is 4.91. The van der Waals surface area contributed by atoms with E-state index >= 15 is 0 Å². The Balaban J connectivity index is 1.74. The van der Waals surface area contributed by atoms with Gasteiger partial charge in [-0.15, -0.1) is 22.7 Å². The molecule has 3 aromatic heterocycles. The fourth-order valence-electron chi connectivity index (χ4n) is 1.87. The first-order valence-electron chi connectivity index (χ1n) is 6.08. The Morgan fingerprint density at radius 1 is 1.32 bits per heavy atom. The van der Waals surface area contributed by atoms with Crippen molar-refractivity contribution < 1.29 is 0 Å². The molecule has 0 bridgehead atoms. The van der Waals surface area contributed by atoms with Crippen molar-refractivity contribution in [2.24, 2.45) is 0 Å². The van der Waals surface area contributed by atoms with Gasteiger partial charge >= 0.3 is 0 Å². The average molecular weight is 290 g/mol. The van der Waals surface area contributed by atoms with Gasteiger partial charge in [-0.05, 0) is 18.4 Å². The molecule has 1 N–H and O–H groups in total. The minimum Gasteiger partial charge on any atom is -0.369 e. The predicted molar refractivity (Wildman–Crippen MR) is 81.2 cm³/mol. The minimum atomic E-state index is 0.377. The molecule has 0 aromatic carbocycles. The zero-order chi connectivity index (χ0) is 13.2. The standard InChI is InChI=1S/C13H14N4S2/c1-8(12-17-9(2)6-19-12)5-14-11-10-3-4-18-13(10)16-7-15-11/h3-4,6-8H,5H2,1-2H3,(H,14,15,16)/t8-/m0/s1. The molecule has 0 spiro atoms. The second-order valence-corrected chi connectivity index (χ2v) is 6.26. The van der Waals surface area contributed by atoms with E-state index in [2.05, 4.69) is 38.6 Å². The van der Waals surface area contributed by atoms with Gasteiger partial charge in [0.25, 0.3) is 0 Å². The van der Waals surface area contributed by atoms with E-state index in [9.17, 15) is 0 Å². The summed E-state index contributed by atoms with van der Waals surface area (Å²) >= 11 is 3.35. The molecule has 0 aliphatic heterocycles. The lowest BCUT2D eigenvalue weighted by molar-refractivity contribution is 0.789. The molecule has 0 radical (unpaired) electrons. The Kier molecular flexibility index (Phi) is 3.44. The Labute approximate surface area is 119 Å². The van der Waals surface area contributed by atoms with Crippen LogP contribution < -0.4 is 5.32 Å². The van der Waals surface area contributed by atoms with E-state index in [0.29, 0.717) is 5.92 Å². The monoisotopic (exact) mass is 290 g/mol. The van der Waals surface area contributed by atoms with Crippen molar-refractivity contribution in [2.45, 2.75) is 19.8 Å². The van der Waals surface area contributed by atoms with Crippen LogP contribution in [0.25, 0.3) is 10.2 Å². The molecule has 1 atom stereocenters. The molecule has 0 saturated heterocycles. The summed E-state index contributed by atoms with van der Waals surface area (Å²) in [6.45, 7) is 5.03. The highest BCUT2D eigenvalue weighted by atomic mass is 32.1. The molecule has 0 saturated carbocycles. The number of nitrogens with one attached hydrogen (secondary N) is 1. The summed E-state index contributed by atoms with van der Waals surface area (Å²) in [5.74, 6) is 1.29. The quantitative estimate of drug-likeness (QED) is 0.796. The van der Waals surface area contributed by atoms with Crippen molar-refractivity contribution in [1.82, 2.24) is 15.0 Å². The zero-order valence-corrected chi connectivity index (χ0v) is 12.4. The Bertz CT molecular complexity index is 689. The Morgan fingerprint density at radius 3 is 3.00 bits per heavy atom. The van der Waals surface area contributed by atoms with Crippen LogP contribution in [-0.4, -0.2) is 21.5 Å². The van der Waals surface area contributed by atoms with Gasteiger partial charge in [0, 0.05) is 23.5 Å². The molecule has 0 unspecified atom stereocenters. The van der Waals surface area contributed by atoms with Gasteiger partial charge in [-0.2, -0.15) is 0 Å². The molecule has 3 rings (SSSR count). The highest BCUT2D eigenvalue weighted by Crippen LogP contribution is 2.25. The van der Waals surface area contributed by atoms with E-state index in [4.69, 9.17) is 0 Å². The second-order valence-electron chi connectivity index (χ2n) is 4.47. The maximum absolute atomic E-state index is 4.52. The van der Waals surface area contributed by atoms with Gasteiger partial charge in [0.1, 0.15) is 17.0 Å². The van der Waals surface area contributed by atoms with Crippen LogP contribution in [0.3, 0.4) is 0 Å². The van der Waals surface area contributed by atoms with Crippen LogP contribution in [0.4, 0.5) is 5.82 Å². The lowest BCUT2D eigenvalue weighted by Crippen LogP contribution is -2.11. The molecule has 19 heavy (non-hydrogen) atoms. The minimum absolute atomic E-state index is 0.377. The summed E-state index contributed by atoms with van der Waals surface area (Å²) in [5.41, 5.74) is 1.09. The molecule has 6 heteroatoms. The lowest BCUT2D eigenvalue weighted by atomic mass is 10.2.